The van der Waals surface area contributed by atoms with E-state index in [2.05, 4.69) is 108 Å². The minimum atomic E-state index is 0.437. The number of benzene rings is 4. The van der Waals surface area contributed by atoms with E-state index >= 15 is 0 Å². The molecule has 0 radical (unpaired) electrons. The summed E-state index contributed by atoms with van der Waals surface area (Å²) in [4.78, 5) is 0. The molecule has 0 saturated heterocycles. The lowest BCUT2D eigenvalue weighted by Crippen LogP contribution is -2.02. The predicted octanol–water partition coefficient (Wildman–Crippen LogP) is 8.02. The van der Waals surface area contributed by atoms with E-state index in [9.17, 15) is 5.11 Å². The lowest BCUT2D eigenvalue weighted by atomic mass is 9.89. The number of phenolic OH excluding ortho intramolecular Hbond substituents is 1. The van der Waals surface area contributed by atoms with Gasteiger partial charge in [0.1, 0.15) is 5.75 Å². The Morgan fingerprint density at radius 3 is 1.21 bits per heavy atom. The van der Waals surface area contributed by atoms with Gasteiger partial charge in [-0.2, -0.15) is 0 Å². The van der Waals surface area contributed by atoms with E-state index in [1.807, 2.05) is 0 Å². The maximum Gasteiger partial charge on any atom is 0.122 e. The Morgan fingerprint density at radius 2 is 0.824 bits per heavy atom. The molecule has 0 amide bonds. The average Bonchev–Trinajstić information content (AvgIpc) is 2.80. The van der Waals surface area contributed by atoms with Crippen molar-refractivity contribution in [2.75, 3.05) is 0 Å². The topological polar surface area (TPSA) is 20.2 Å². The van der Waals surface area contributed by atoms with Crippen molar-refractivity contribution in [1.29, 1.82) is 0 Å². The third-order valence-electron chi connectivity index (χ3n) is 7.63. The first-order valence-corrected chi connectivity index (χ1v) is 12.2. The van der Waals surface area contributed by atoms with E-state index in [-0.39, 0.29) is 0 Å². The van der Waals surface area contributed by atoms with Crippen LogP contribution in [0.3, 0.4) is 0 Å². The molecule has 1 nitrogen and oxygen atoms in total. The minimum Gasteiger partial charge on any atom is -0.507 e. The molecule has 0 aliphatic carbocycles. The van der Waals surface area contributed by atoms with Crippen LogP contribution in [0.5, 0.6) is 5.75 Å². The van der Waals surface area contributed by atoms with Gasteiger partial charge in [0.25, 0.3) is 0 Å². The fraction of sp³-hybridized carbons (Fsp3) is 0.273. The molecule has 0 aromatic heterocycles. The summed E-state index contributed by atoms with van der Waals surface area (Å²) >= 11 is 0. The Morgan fingerprint density at radius 1 is 0.471 bits per heavy atom. The lowest BCUT2D eigenvalue weighted by molar-refractivity contribution is 0.463. The SMILES string of the molecule is Cc1cccc(Cc2cc(Cc3cccc(C)c3C)c(O)c(Cc3cccc(C)c3C)c2)c1C. The van der Waals surface area contributed by atoms with Crippen LogP contribution < -0.4 is 0 Å². The summed E-state index contributed by atoms with van der Waals surface area (Å²) in [5.41, 5.74) is 15.0. The maximum absolute atomic E-state index is 11.4. The third-order valence-corrected chi connectivity index (χ3v) is 7.63. The molecule has 1 N–H and O–H groups in total. The fourth-order valence-corrected chi connectivity index (χ4v) is 4.84. The standard InChI is InChI=1S/C33H36O/c1-21-10-7-13-28(24(21)4)16-27-17-31(19-29-14-8-11-22(2)25(29)5)33(34)32(18-27)20-30-15-9-12-23(3)26(30)6/h7-15,17-18,34H,16,19-20H2,1-6H3. The molecule has 0 spiro atoms. The molecule has 4 aromatic rings. The van der Waals surface area contributed by atoms with Crippen molar-refractivity contribution >= 4 is 0 Å². The number of aryl methyl sites for hydroxylation is 3. The Bertz CT molecular complexity index is 1270. The first-order valence-electron chi connectivity index (χ1n) is 12.2. The number of aromatic hydroxyl groups is 1. The fourth-order valence-electron chi connectivity index (χ4n) is 4.84. The van der Waals surface area contributed by atoms with Gasteiger partial charge in [-0.25, -0.2) is 0 Å². The molecular weight excluding hydrogens is 412 g/mol. The quantitative estimate of drug-likeness (QED) is 0.317. The minimum absolute atomic E-state index is 0.437. The zero-order valence-electron chi connectivity index (χ0n) is 21.4. The molecule has 0 bridgehead atoms. The average molecular weight is 449 g/mol. The van der Waals surface area contributed by atoms with Crippen molar-refractivity contribution in [2.24, 2.45) is 0 Å². The summed E-state index contributed by atoms with van der Waals surface area (Å²) in [6, 6.07) is 23.9. The van der Waals surface area contributed by atoms with Crippen molar-refractivity contribution in [3.8, 4) is 5.75 Å². The Balaban J connectivity index is 1.80. The van der Waals surface area contributed by atoms with Crippen LogP contribution in [0.15, 0.2) is 66.7 Å². The van der Waals surface area contributed by atoms with E-state index in [4.69, 9.17) is 0 Å². The van der Waals surface area contributed by atoms with Crippen LogP contribution in [-0.4, -0.2) is 5.11 Å². The first-order chi connectivity index (χ1) is 16.2. The van der Waals surface area contributed by atoms with E-state index < -0.39 is 0 Å². The molecule has 34 heavy (non-hydrogen) atoms. The Hall–Kier alpha value is -3.32. The number of hydrogen-bond acceptors (Lipinski definition) is 1. The normalized spacial score (nSPS) is 11.1. The van der Waals surface area contributed by atoms with Gasteiger partial charge in [-0.05, 0) is 115 Å². The summed E-state index contributed by atoms with van der Waals surface area (Å²) in [6.07, 6.45) is 2.34. The number of rotatable bonds is 6. The molecule has 1 heteroatoms. The number of hydrogen-bond donors (Lipinski definition) is 1. The highest BCUT2D eigenvalue weighted by Gasteiger charge is 2.15. The molecule has 0 aliphatic heterocycles. The van der Waals surface area contributed by atoms with Crippen LogP contribution in [-0.2, 0) is 19.3 Å². The van der Waals surface area contributed by atoms with Gasteiger partial charge in [-0.15, -0.1) is 0 Å². The highest BCUT2D eigenvalue weighted by molar-refractivity contribution is 5.51. The summed E-state index contributed by atoms with van der Waals surface area (Å²) in [7, 11) is 0. The van der Waals surface area contributed by atoms with Crippen LogP contribution in [0.1, 0.15) is 66.8 Å². The van der Waals surface area contributed by atoms with Crippen molar-refractivity contribution < 1.29 is 5.11 Å². The lowest BCUT2D eigenvalue weighted by Gasteiger charge is -2.17. The third kappa shape index (κ3) is 4.94. The predicted molar refractivity (Wildman–Crippen MR) is 144 cm³/mol. The van der Waals surface area contributed by atoms with Crippen LogP contribution >= 0.6 is 0 Å². The van der Waals surface area contributed by atoms with Gasteiger partial charge in [-0.3, -0.25) is 0 Å². The summed E-state index contributed by atoms with van der Waals surface area (Å²) in [6.45, 7) is 13.0. The highest BCUT2D eigenvalue weighted by Crippen LogP contribution is 2.32. The largest absolute Gasteiger partial charge is 0.507 e. The maximum atomic E-state index is 11.4. The highest BCUT2D eigenvalue weighted by atomic mass is 16.3. The van der Waals surface area contributed by atoms with Gasteiger partial charge in [0.05, 0.1) is 0 Å². The van der Waals surface area contributed by atoms with Crippen LogP contribution in [0.25, 0.3) is 0 Å². The smallest absolute Gasteiger partial charge is 0.122 e. The van der Waals surface area contributed by atoms with Crippen molar-refractivity contribution in [3.05, 3.63) is 133 Å². The molecule has 0 fully saturated rings. The van der Waals surface area contributed by atoms with Crippen LogP contribution in [0, 0.1) is 41.5 Å². The van der Waals surface area contributed by atoms with Gasteiger partial charge in [0, 0.05) is 12.8 Å². The molecular formula is C33H36O. The second-order valence-electron chi connectivity index (χ2n) is 9.87. The molecule has 0 unspecified atom stereocenters. The van der Waals surface area contributed by atoms with Crippen LogP contribution in [0.4, 0.5) is 0 Å². The van der Waals surface area contributed by atoms with Gasteiger partial charge in [0.2, 0.25) is 0 Å². The molecule has 0 heterocycles. The second-order valence-corrected chi connectivity index (χ2v) is 9.87. The monoisotopic (exact) mass is 448 g/mol. The molecule has 0 aliphatic rings. The first kappa shape index (κ1) is 23.8. The zero-order valence-corrected chi connectivity index (χ0v) is 21.4. The second kappa shape index (κ2) is 9.89. The van der Waals surface area contributed by atoms with Gasteiger partial charge >= 0.3 is 0 Å². The van der Waals surface area contributed by atoms with Crippen molar-refractivity contribution in [2.45, 2.75) is 60.8 Å². The van der Waals surface area contributed by atoms with E-state index in [1.54, 1.807) is 0 Å². The van der Waals surface area contributed by atoms with E-state index in [1.165, 1.54) is 55.6 Å². The molecule has 4 rings (SSSR count). The molecule has 0 saturated carbocycles. The van der Waals surface area contributed by atoms with Crippen LogP contribution in [0.2, 0.25) is 0 Å². The molecule has 4 aromatic carbocycles. The Labute approximate surface area is 205 Å². The van der Waals surface area contributed by atoms with Gasteiger partial charge < -0.3 is 5.11 Å². The van der Waals surface area contributed by atoms with Crippen molar-refractivity contribution in [3.63, 3.8) is 0 Å². The summed E-state index contributed by atoms with van der Waals surface area (Å²) in [5.74, 6) is 0.437. The van der Waals surface area contributed by atoms with E-state index in [0.717, 1.165) is 30.4 Å². The van der Waals surface area contributed by atoms with Gasteiger partial charge in [-0.1, -0.05) is 66.7 Å². The number of phenols is 1. The van der Waals surface area contributed by atoms with Gasteiger partial charge in [0.15, 0.2) is 0 Å². The van der Waals surface area contributed by atoms with Crippen molar-refractivity contribution in [1.82, 2.24) is 0 Å². The molecule has 0 atom stereocenters. The summed E-state index contributed by atoms with van der Waals surface area (Å²) < 4.78 is 0. The Kier molecular flexibility index (Phi) is 6.93. The van der Waals surface area contributed by atoms with E-state index in [0.29, 0.717) is 5.75 Å². The summed E-state index contributed by atoms with van der Waals surface area (Å²) in [5, 5.41) is 11.4. The zero-order chi connectivity index (χ0) is 24.4. The molecule has 174 valence electrons.